The fraction of sp³-hybridized carbons (Fsp3) is 0.200. The largest absolute Gasteiger partial charge is 0.490 e. The summed E-state index contributed by atoms with van der Waals surface area (Å²) in [5.41, 5.74) is 0.875. The van der Waals surface area contributed by atoms with Gasteiger partial charge in [0, 0.05) is 0 Å². The highest BCUT2D eigenvalue weighted by molar-refractivity contribution is 6.44. The van der Waals surface area contributed by atoms with E-state index < -0.39 is 5.91 Å². The number of ether oxygens (including phenoxy) is 2. The average Bonchev–Trinajstić information content (AvgIpc) is 2.65. The molecule has 0 aliphatic heterocycles. The van der Waals surface area contributed by atoms with Crippen molar-refractivity contribution in [2.45, 2.75) is 13.8 Å². The molecule has 0 aliphatic rings. The lowest BCUT2D eigenvalue weighted by atomic mass is 10.1. The average molecular weight is 405 g/mol. The molecule has 7 heteroatoms. The SMILES string of the molecule is CCOc1ccc(/C=C(/C#N)C(=O)Nc2cccc(Cl)c2Cl)cc1OCC. The van der Waals surface area contributed by atoms with Crippen LogP contribution in [0.15, 0.2) is 42.0 Å². The zero-order valence-electron chi connectivity index (χ0n) is 14.9. The van der Waals surface area contributed by atoms with Gasteiger partial charge < -0.3 is 14.8 Å². The smallest absolute Gasteiger partial charge is 0.266 e. The van der Waals surface area contributed by atoms with E-state index in [4.69, 9.17) is 32.7 Å². The van der Waals surface area contributed by atoms with Gasteiger partial charge in [0.1, 0.15) is 11.6 Å². The van der Waals surface area contributed by atoms with Crippen LogP contribution in [0, 0.1) is 11.3 Å². The summed E-state index contributed by atoms with van der Waals surface area (Å²) < 4.78 is 11.1. The summed E-state index contributed by atoms with van der Waals surface area (Å²) in [6.07, 6.45) is 1.46. The van der Waals surface area contributed by atoms with Crippen molar-refractivity contribution in [1.29, 1.82) is 5.26 Å². The Morgan fingerprint density at radius 1 is 1.15 bits per heavy atom. The van der Waals surface area contributed by atoms with Crippen molar-refractivity contribution in [3.63, 3.8) is 0 Å². The summed E-state index contributed by atoms with van der Waals surface area (Å²) in [5.74, 6) is 0.558. The summed E-state index contributed by atoms with van der Waals surface area (Å²) in [5, 5.41) is 12.5. The first-order valence-electron chi connectivity index (χ1n) is 8.26. The monoisotopic (exact) mass is 404 g/mol. The number of carbonyl (C=O) groups is 1. The molecule has 0 heterocycles. The third-order valence-electron chi connectivity index (χ3n) is 3.44. The van der Waals surface area contributed by atoms with Gasteiger partial charge in [-0.05, 0) is 49.8 Å². The van der Waals surface area contributed by atoms with Gasteiger partial charge in [-0.2, -0.15) is 5.26 Å². The maximum atomic E-state index is 12.4. The number of hydrogen-bond donors (Lipinski definition) is 1. The fourth-order valence-corrected chi connectivity index (χ4v) is 2.61. The molecule has 1 amide bonds. The highest BCUT2D eigenvalue weighted by atomic mass is 35.5. The van der Waals surface area contributed by atoms with Gasteiger partial charge in [-0.15, -0.1) is 0 Å². The van der Waals surface area contributed by atoms with E-state index >= 15 is 0 Å². The van der Waals surface area contributed by atoms with Gasteiger partial charge in [-0.25, -0.2) is 0 Å². The molecule has 1 N–H and O–H groups in total. The van der Waals surface area contributed by atoms with Gasteiger partial charge in [0.2, 0.25) is 0 Å². The minimum atomic E-state index is -0.589. The predicted molar refractivity (Wildman–Crippen MR) is 107 cm³/mol. The minimum absolute atomic E-state index is 0.0855. The van der Waals surface area contributed by atoms with E-state index in [-0.39, 0.29) is 10.6 Å². The van der Waals surface area contributed by atoms with E-state index in [1.807, 2.05) is 19.9 Å². The molecule has 0 aromatic heterocycles. The number of carbonyl (C=O) groups excluding carboxylic acids is 1. The van der Waals surface area contributed by atoms with Gasteiger partial charge in [0.25, 0.3) is 5.91 Å². The Hall–Kier alpha value is -2.68. The van der Waals surface area contributed by atoms with Gasteiger partial charge in [0.15, 0.2) is 11.5 Å². The number of nitrogens with zero attached hydrogens (tertiary/aromatic N) is 1. The summed E-state index contributed by atoms with van der Waals surface area (Å²) >= 11 is 12.0. The second kappa shape index (κ2) is 9.86. The third kappa shape index (κ3) is 5.40. The third-order valence-corrected chi connectivity index (χ3v) is 4.26. The molecule has 0 aliphatic carbocycles. The van der Waals surface area contributed by atoms with Crippen molar-refractivity contribution < 1.29 is 14.3 Å². The fourth-order valence-electron chi connectivity index (χ4n) is 2.26. The zero-order chi connectivity index (χ0) is 19.8. The Kier molecular flexibility index (Phi) is 7.54. The van der Waals surface area contributed by atoms with Crippen LogP contribution >= 0.6 is 23.2 Å². The number of hydrogen-bond acceptors (Lipinski definition) is 4. The Balaban J connectivity index is 2.29. The molecule has 2 aromatic carbocycles. The Morgan fingerprint density at radius 2 is 1.85 bits per heavy atom. The lowest BCUT2D eigenvalue weighted by molar-refractivity contribution is -0.112. The van der Waals surface area contributed by atoms with Crippen LogP contribution in [0.2, 0.25) is 10.0 Å². The molecular weight excluding hydrogens is 387 g/mol. The number of anilines is 1. The highest BCUT2D eigenvalue weighted by Crippen LogP contribution is 2.31. The maximum Gasteiger partial charge on any atom is 0.266 e. The van der Waals surface area contributed by atoms with E-state index in [1.54, 1.807) is 36.4 Å². The zero-order valence-corrected chi connectivity index (χ0v) is 16.4. The van der Waals surface area contributed by atoms with Crippen molar-refractivity contribution in [2.24, 2.45) is 0 Å². The molecule has 5 nitrogen and oxygen atoms in total. The topological polar surface area (TPSA) is 71.3 Å². The van der Waals surface area contributed by atoms with E-state index in [9.17, 15) is 10.1 Å². The number of amides is 1. The van der Waals surface area contributed by atoms with Crippen LogP contribution in [-0.2, 0) is 4.79 Å². The summed E-state index contributed by atoms with van der Waals surface area (Å²) in [6, 6.07) is 12.0. The second-order valence-corrected chi connectivity index (χ2v) is 6.08. The first-order valence-corrected chi connectivity index (χ1v) is 9.02. The molecule has 0 radical (unpaired) electrons. The molecule has 140 valence electrons. The van der Waals surface area contributed by atoms with Crippen LogP contribution in [0.3, 0.4) is 0 Å². The Bertz CT molecular complexity index is 905. The van der Waals surface area contributed by atoms with Crippen molar-refractivity contribution in [2.75, 3.05) is 18.5 Å². The van der Waals surface area contributed by atoms with Gasteiger partial charge >= 0.3 is 0 Å². The minimum Gasteiger partial charge on any atom is -0.490 e. The van der Waals surface area contributed by atoms with E-state index in [2.05, 4.69) is 5.32 Å². The van der Waals surface area contributed by atoms with Crippen LogP contribution in [0.4, 0.5) is 5.69 Å². The molecule has 27 heavy (non-hydrogen) atoms. The molecule has 0 atom stereocenters. The molecule has 0 unspecified atom stereocenters. The molecule has 0 saturated carbocycles. The van der Waals surface area contributed by atoms with Crippen LogP contribution in [-0.4, -0.2) is 19.1 Å². The predicted octanol–water partition coefficient (Wildman–Crippen LogP) is 5.34. The summed E-state index contributed by atoms with van der Waals surface area (Å²) in [7, 11) is 0. The van der Waals surface area contributed by atoms with Gasteiger partial charge in [-0.3, -0.25) is 4.79 Å². The Labute approximate surface area is 168 Å². The molecule has 2 aromatic rings. The van der Waals surface area contributed by atoms with Crippen LogP contribution in [0.25, 0.3) is 6.08 Å². The van der Waals surface area contributed by atoms with Crippen molar-refractivity contribution >= 4 is 40.9 Å². The standard InChI is InChI=1S/C20H18Cl2N2O3/c1-3-26-17-9-8-13(11-18(17)27-4-2)10-14(12-23)20(25)24-16-7-5-6-15(21)19(16)22/h5-11H,3-4H2,1-2H3,(H,24,25)/b14-10-. The van der Waals surface area contributed by atoms with E-state index in [1.165, 1.54) is 6.08 Å². The number of halogens is 2. The number of rotatable bonds is 7. The van der Waals surface area contributed by atoms with Gasteiger partial charge in [0.05, 0.1) is 28.9 Å². The molecule has 0 bridgehead atoms. The Morgan fingerprint density at radius 3 is 2.52 bits per heavy atom. The van der Waals surface area contributed by atoms with Crippen LogP contribution in [0.5, 0.6) is 11.5 Å². The number of nitrogens with one attached hydrogen (secondary N) is 1. The lowest BCUT2D eigenvalue weighted by Gasteiger charge is -2.11. The second-order valence-electron chi connectivity index (χ2n) is 5.30. The molecule has 2 rings (SSSR count). The van der Waals surface area contributed by atoms with E-state index in [0.29, 0.717) is 41.0 Å². The van der Waals surface area contributed by atoms with Gasteiger partial charge in [-0.1, -0.05) is 35.3 Å². The van der Waals surface area contributed by atoms with Crippen LogP contribution in [0.1, 0.15) is 19.4 Å². The molecular formula is C20H18Cl2N2O3. The molecule has 0 saturated heterocycles. The van der Waals surface area contributed by atoms with Crippen LogP contribution < -0.4 is 14.8 Å². The number of nitriles is 1. The van der Waals surface area contributed by atoms with Crippen molar-refractivity contribution in [1.82, 2.24) is 0 Å². The summed E-state index contributed by atoms with van der Waals surface area (Å²) in [4.78, 5) is 12.4. The number of benzene rings is 2. The van der Waals surface area contributed by atoms with Crippen molar-refractivity contribution in [3.8, 4) is 17.6 Å². The molecule has 0 spiro atoms. The normalized spacial score (nSPS) is 10.9. The maximum absolute atomic E-state index is 12.4. The first kappa shape index (κ1) is 20.6. The van der Waals surface area contributed by atoms with E-state index in [0.717, 1.165) is 0 Å². The molecule has 0 fully saturated rings. The summed E-state index contributed by atoms with van der Waals surface area (Å²) in [6.45, 7) is 4.71. The lowest BCUT2D eigenvalue weighted by Crippen LogP contribution is -2.13. The first-order chi connectivity index (χ1) is 13.0. The quantitative estimate of drug-likeness (QED) is 0.499. The highest BCUT2D eigenvalue weighted by Gasteiger charge is 2.13. The van der Waals surface area contributed by atoms with Crippen molar-refractivity contribution in [3.05, 3.63) is 57.6 Å².